The summed E-state index contributed by atoms with van der Waals surface area (Å²) in [5.41, 5.74) is 0.346. The number of rotatable bonds is 3. The highest BCUT2D eigenvalue weighted by molar-refractivity contribution is 5.96. The average molecular weight is 264 g/mol. The molecule has 1 aromatic rings. The number of carbonyl (C=O) groups is 1. The van der Waals surface area contributed by atoms with Gasteiger partial charge in [0.2, 0.25) is 0 Å². The van der Waals surface area contributed by atoms with E-state index in [2.05, 4.69) is 15.3 Å². The van der Waals surface area contributed by atoms with Crippen LogP contribution >= 0.6 is 0 Å². The van der Waals surface area contributed by atoms with Crippen molar-refractivity contribution in [3.05, 3.63) is 18.1 Å². The fraction of sp³-hybridized carbons (Fsp3) is 0.615. The van der Waals surface area contributed by atoms with E-state index in [-0.39, 0.29) is 18.1 Å². The van der Waals surface area contributed by atoms with Crippen LogP contribution in [0.2, 0.25) is 0 Å². The molecule has 0 saturated heterocycles. The summed E-state index contributed by atoms with van der Waals surface area (Å²) in [6, 6.07) is 0.244. The lowest BCUT2D eigenvalue weighted by atomic mass is 9.93. The average Bonchev–Trinajstić information content (AvgIpc) is 2.41. The minimum Gasteiger partial charge on any atom is -0.393 e. The monoisotopic (exact) mass is 264 g/mol. The Kier molecular flexibility index (Phi) is 4.31. The second-order valence-electron chi connectivity index (χ2n) is 5.10. The number of aromatic nitrogens is 2. The Morgan fingerprint density at radius 3 is 2.53 bits per heavy atom. The molecule has 2 rings (SSSR count). The lowest BCUT2D eigenvalue weighted by molar-refractivity contribution is 0.0822. The highest BCUT2D eigenvalue weighted by atomic mass is 16.3. The molecule has 19 heavy (non-hydrogen) atoms. The summed E-state index contributed by atoms with van der Waals surface area (Å²) < 4.78 is 0. The summed E-state index contributed by atoms with van der Waals surface area (Å²) >= 11 is 0. The number of aliphatic hydroxyl groups excluding tert-OH is 1. The molecule has 1 saturated carbocycles. The molecule has 104 valence electrons. The molecule has 1 aliphatic rings. The molecule has 6 heteroatoms. The summed E-state index contributed by atoms with van der Waals surface area (Å²) in [5.74, 6) is 0.369. The summed E-state index contributed by atoms with van der Waals surface area (Å²) in [7, 11) is 3.38. The van der Waals surface area contributed by atoms with Crippen LogP contribution in [0, 0.1) is 0 Å². The van der Waals surface area contributed by atoms with Crippen molar-refractivity contribution in [1.82, 2.24) is 14.9 Å². The van der Waals surface area contributed by atoms with Crippen LogP contribution in [0.4, 0.5) is 5.82 Å². The van der Waals surface area contributed by atoms with E-state index in [0.29, 0.717) is 11.5 Å². The molecule has 0 aromatic carbocycles. The van der Waals surface area contributed by atoms with E-state index in [9.17, 15) is 9.90 Å². The zero-order chi connectivity index (χ0) is 13.8. The quantitative estimate of drug-likeness (QED) is 0.848. The second kappa shape index (κ2) is 5.97. The van der Waals surface area contributed by atoms with Gasteiger partial charge in [0.05, 0.1) is 6.10 Å². The fourth-order valence-corrected chi connectivity index (χ4v) is 2.23. The molecular weight excluding hydrogens is 244 g/mol. The first-order valence-electron chi connectivity index (χ1n) is 6.55. The molecule has 0 spiro atoms. The maximum atomic E-state index is 12.0. The van der Waals surface area contributed by atoms with Gasteiger partial charge in [0.1, 0.15) is 0 Å². The molecule has 0 atom stereocenters. The van der Waals surface area contributed by atoms with Crippen molar-refractivity contribution in [3.8, 4) is 0 Å². The third kappa shape index (κ3) is 3.41. The lowest BCUT2D eigenvalue weighted by Crippen LogP contribution is -2.31. The van der Waals surface area contributed by atoms with Crippen molar-refractivity contribution in [3.63, 3.8) is 0 Å². The minimum absolute atomic E-state index is 0.161. The van der Waals surface area contributed by atoms with Crippen LogP contribution in [0.15, 0.2) is 12.4 Å². The van der Waals surface area contributed by atoms with Crippen LogP contribution in [-0.2, 0) is 0 Å². The molecule has 0 unspecified atom stereocenters. The number of nitrogens with one attached hydrogen (secondary N) is 1. The van der Waals surface area contributed by atoms with Gasteiger partial charge in [-0.3, -0.25) is 4.79 Å². The van der Waals surface area contributed by atoms with Gasteiger partial charge in [-0.1, -0.05) is 0 Å². The van der Waals surface area contributed by atoms with E-state index < -0.39 is 0 Å². The molecule has 0 bridgehead atoms. The van der Waals surface area contributed by atoms with Crippen LogP contribution in [0.1, 0.15) is 36.2 Å². The maximum Gasteiger partial charge on any atom is 0.275 e. The van der Waals surface area contributed by atoms with Gasteiger partial charge in [-0.2, -0.15) is 0 Å². The SMILES string of the molecule is CN(C)C(=O)c1nccnc1NC1CCC(O)CC1. The molecule has 1 aliphatic carbocycles. The number of aliphatic hydroxyl groups is 1. The summed E-state index contributed by atoms with van der Waals surface area (Å²) in [4.78, 5) is 21.8. The second-order valence-corrected chi connectivity index (χ2v) is 5.10. The van der Waals surface area contributed by atoms with Gasteiger partial charge < -0.3 is 15.3 Å². The molecular formula is C13H20N4O2. The molecule has 1 fully saturated rings. The zero-order valence-electron chi connectivity index (χ0n) is 11.3. The topological polar surface area (TPSA) is 78.4 Å². The number of hydrogen-bond acceptors (Lipinski definition) is 5. The Labute approximate surface area is 112 Å². The molecule has 1 aromatic heterocycles. The predicted octanol–water partition coefficient (Wildman–Crippen LogP) is 0.894. The van der Waals surface area contributed by atoms with Gasteiger partial charge >= 0.3 is 0 Å². The first kappa shape index (κ1) is 13.7. The van der Waals surface area contributed by atoms with Gasteiger partial charge in [-0.05, 0) is 25.7 Å². The molecule has 0 radical (unpaired) electrons. The largest absolute Gasteiger partial charge is 0.393 e. The minimum atomic E-state index is -0.192. The predicted molar refractivity (Wildman–Crippen MR) is 71.9 cm³/mol. The third-order valence-corrected chi connectivity index (χ3v) is 3.34. The fourth-order valence-electron chi connectivity index (χ4n) is 2.23. The first-order valence-corrected chi connectivity index (χ1v) is 6.55. The summed E-state index contributed by atoms with van der Waals surface area (Å²) in [6.07, 6.45) is 6.24. The highest BCUT2D eigenvalue weighted by Crippen LogP contribution is 2.22. The molecule has 1 amide bonds. The lowest BCUT2D eigenvalue weighted by Gasteiger charge is -2.27. The van der Waals surface area contributed by atoms with E-state index in [1.165, 1.54) is 11.1 Å². The normalized spacial score (nSPS) is 22.9. The molecule has 0 aliphatic heterocycles. The van der Waals surface area contributed by atoms with Crippen LogP contribution in [0.3, 0.4) is 0 Å². The van der Waals surface area contributed by atoms with E-state index in [1.807, 2.05) is 0 Å². The summed E-state index contributed by atoms with van der Waals surface area (Å²) in [5, 5.41) is 12.8. The number of anilines is 1. The highest BCUT2D eigenvalue weighted by Gasteiger charge is 2.22. The van der Waals surface area contributed by atoms with Crippen molar-refractivity contribution in [2.75, 3.05) is 19.4 Å². The Morgan fingerprint density at radius 2 is 1.89 bits per heavy atom. The van der Waals surface area contributed by atoms with Crippen LogP contribution in [-0.4, -0.2) is 52.1 Å². The zero-order valence-corrected chi connectivity index (χ0v) is 11.3. The Bertz CT molecular complexity index is 442. The van der Waals surface area contributed by atoms with Gasteiger partial charge in [0, 0.05) is 32.5 Å². The van der Waals surface area contributed by atoms with Gasteiger partial charge in [-0.25, -0.2) is 9.97 Å². The van der Waals surface area contributed by atoms with Crippen LogP contribution < -0.4 is 5.32 Å². The Hall–Kier alpha value is -1.69. The van der Waals surface area contributed by atoms with E-state index >= 15 is 0 Å². The Morgan fingerprint density at radius 1 is 1.26 bits per heavy atom. The number of carbonyl (C=O) groups excluding carboxylic acids is 1. The number of nitrogens with zero attached hydrogens (tertiary/aromatic N) is 3. The van der Waals surface area contributed by atoms with E-state index in [0.717, 1.165) is 25.7 Å². The van der Waals surface area contributed by atoms with Crippen molar-refractivity contribution in [1.29, 1.82) is 0 Å². The molecule has 2 N–H and O–H groups in total. The van der Waals surface area contributed by atoms with Crippen LogP contribution in [0.5, 0.6) is 0 Å². The van der Waals surface area contributed by atoms with Crippen LogP contribution in [0.25, 0.3) is 0 Å². The van der Waals surface area contributed by atoms with Crippen molar-refractivity contribution >= 4 is 11.7 Å². The van der Waals surface area contributed by atoms with Gasteiger partial charge in [0.25, 0.3) is 5.91 Å². The van der Waals surface area contributed by atoms with Crippen molar-refractivity contribution in [2.45, 2.75) is 37.8 Å². The summed E-state index contributed by atoms with van der Waals surface area (Å²) in [6.45, 7) is 0. The smallest absolute Gasteiger partial charge is 0.275 e. The number of amides is 1. The van der Waals surface area contributed by atoms with Crippen molar-refractivity contribution in [2.24, 2.45) is 0 Å². The van der Waals surface area contributed by atoms with E-state index in [1.54, 1.807) is 20.3 Å². The van der Waals surface area contributed by atoms with Gasteiger partial charge in [-0.15, -0.1) is 0 Å². The van der Waals surface area contributed by atoms with Gasteiger partial charge in [0.15, 0.2) is 11.5 Å². The Balaban J connectivity index is 2.10. The third-order valence-electron chi connectivity index (χ3n) is 3.34. The first-order chi connectivity index (χ1) is 9.08. The maximum absolute atomic E-state index is 12.0. The van der Waals surface area contributed by atoms with Crippen molar-refractivity contribution < 1.29 is 9.90 Å². The van der Waals surface area contributed by atoms with E-state index in [4.69, 9.17) is 0 Å². The molecule has 6 nitrogen and oxygen atoms in total. The number of hydrogen-bond donors (Lipinski definition) is 2. The standard InChI is InChI=1S/C13H20N4O2/c1-17(2)13(19)11-12(15-8-7-14-11)16-9-3-5-10(18)6-4-9/h7-10,18H,3-6H2,1-2H3,(H,15,16). The molecule has 1 heterocycles.